The van der Waals surface area contributed by atoms with Gasteiger partial charge < -0.3 is 10.1 Å². The maximum Gasteiger partial charge on any atom is 0.221 e. The molecule has 0 aliphatic rings. The summed E-state index contributed by atoms with van der Waals surface area (Å²) >= 11 is 5.90. The molecule has 1 aromatic carbocycles. The van der Waals surface area contributed by atoms with Crippen molar-refractivity contribution in [2.75, 3.05) is 19.4 Å². The zero-order valence-corrected chi connectivity index (χ0v) is 13.1. The normalized spacial score (nSPS) is 11.2. The van der Waals surface area contributed by atoms with Crippen molar-refractivity contribution in [1.82, 2.24) is 5.32 Å². The van der Waals surface area contributed by atoms with Crippen molar-refractivity contribution in [3.05, 3.63) is 23.2 Å². The van der Waals surface area contributed by atoms with E-state index in [9.17, 15) is 13.2 Å². The van der Waals surface area contributed by atoms with Crippen molar-refractivity contribution in [2.45, 2.75) is 24.7 Å². The van der Waals surface area contributed by atoms with Gasteiger partial charge in [0.05, 0.1) is 22.8 Å². The van der Waals surface area contributed by atoms with E-state index in [2.05, 4.69) is 5.32 Å². The molecule has 7 heteroatoms. The molecule has 0 atom stereocenters. The molecule has 0 aliphatic heterocycles. The molecule has 5 nitrogen and oxygen atoms in total. The second-order valence-corrected chi connectivity index (χ2v) is 6.73. The van der Waals surface area contributed by atoms with Crippen molar-refractivity contribution in [1.29, 1.82) is 0 Å². The summed E-state index contributed by atoms with van der Waals surface area (Å²) in [5, 5.41) is 2.86. The van der Waals surface area contributed by atoms with Gasteiger partial charge in [0.25, 0.3) is 0 Å². The largest absolute Gasteiger partial charge is 0.495 e. The Labute approximate surface area is 124 Å². The highest BCUT2D eigenvalue weighted by Crippen LogP contribution is 2.27. The van der Waals surface area contributed by atoms with Gasteiger partial charge in [-0.15, -0.1) is 0 Å². The van der Waals surface area contributed by atoms with Gasteiger partial charge in [0, 0.05) is 13.0 Å². The summed E-state index contributed by atoms with van der Waals surface area (Å²) in [6, 6.07) is 4.25. The van der Waals surface area contributed by atoms with Gasteiger partial charge in [-0.25, -0.2) is 8.42 Å². The summed E-state index contributed by atoms with van der Waals surface area (Å²) in [6.45, 7) is 2.48. The average molecular weight is 320 g/mol. The zero-order valence-electron chi connectivity index (χ0n) is 11.5. The molecular weight excluding hydrogens is 302 g/mol. The fourth-order valence-electron chi connectivity index (χ4n) is 1.54. The molecule has 1 N–H and O–H groups in total. The Balaban J connectivity index is 2.74. The molecule has 0 bridgehead atoms. The molecule has 112 valence electrons. The molecule has 0 heterocycles. The Bertz CT molecular complexity index is 572. The molecular formula is C13H18ClNO4S. The van der Waals surface area contributed by atoms with Crippen molar-refractivity contribution >= 4 is 27.3 Å². The number of nitrogens with one attached hydrogen (secondary N) is 1. The molecule has 0 saturated carbocycles. The fraction of sp³-hybridized carbons (Fsp3) is 0.462. The lowest BCUT2D eigenvalue weighted by Crippen LogP contribution is -2.26. The third-order valence-electron chi connectivity index (χ3n) is 2.65. The van der Waals surface area contributed by atoms with E-state index >= 15 is 0 Å². The quantitative estimate of drug-likeness (QED) is 0.834. The summed E-state index contributed by atoms with van der Waals surface area (Å²) in [6.07, 6.45) is 0.749. The van der Waals surface area contributed by atoms with Crippen LogP contribution in [-0.2, 0) is 14.6 Å². The molecule has 0 aromatic heterocycles. The molecule has 0 unspecified atom stereocenters. The smallest absolute Gasteiger partial charge is 0.221 e. The molecule has 0 saturated heterocycles. The van der Waals surface area contributed by atoms with Crippen LogP contribution in [0.5, 0.6) is 5.75 Å². The van der Waals surface area contributed by atoms with E-state index in [1.54, 1.807) is 0 Å². The molecule has 0 aliphatic carbocycles. The number of hydrogen-bond acceptors (Lipinski definition) is 4. The van der Waals surface area contributed by atoms with E-state index in [0.717, 1.165) is 6.42 Å². The van der Waals surface area contributed by atoms with Crippen LogP contribution in [0, 0.1) is 0 Å². The highest BCUT2D eigenvalue weighted by molar-refractivity contribution is 7.91. The number of hydrogen-bond donors (Lipinski definition) is 1. The summed E-state index contributed by atoms with van der Waals surface area (Å²) in [5.41, 5.74) is 0. The van der Waals surface area contributed by atoms with Gasteiger partial charge >= 0.3 is 0 Å². The highest BCUT2D eigenvalue weighted by atomic mass is 35.5. The maximum absolute atomic E-state index is 12.1. The predicted molar refractivity (Wildman–Crippen MR) is 78.0 cm³/mol. The van der Waals surface area contributed by atoms with Crippen molar-refractivity contribution in [2.24, 2.45) is 0 Å². The Morgan fingerprint density at radius 2 is 2.10 bits per heavy atom. The van der Waals surface area contributed by atoms with E-state index in [-0.39, 0.29) is 28.0 Å². The second kappa shape index (κ2) is 7.50. The number of sulfone groups is 1. The Hall–Kier alpha value is -1.27. The number of rotatable bonds is 7. The topological polar surface area (TPSA) is 72.5 Å². The SMILES string of the molecule is CCCNC(=O)CCS(=O)(=O)c1ccc(OC)c(Cl)c1. The van der Waals surface area contributed by atoms with Gasteiger partial charge in [0.15, 0.2) is 9.84 Å². The lowest BCUT2D eigenvalue weighted by molar-refractivity contribution is -0.120. The van der Waals surface area contributed by atoms with Gasteiger partial charge in [-0.2, -0.15) is 0 Å². The van der Waals surface area contributed by atoms with E-state index in [1.807, 2.05) is 6.92 Å². The summed E-state index contributed by atoms with van der Waals surface area (Å²) in [5.74, 6) is -0.105. The van der Waals surface area contributed by atoms with Crippen LogP contribution >= 0.6 is 11.6 Å². The average Bonchev–Trinajstić information content (AvgIpc) is 2.42. The molecule has 0 radical (unpaired) electrons. The van der Waals surface area contributed by atoms with Gasteiger partial charge in [-0.1, -0.05) is 18.5 Å². The second-order valence-electron chi connectivity index (χ2n) is 4.22. The predicted octanol–water partition coefficient (Wildman–Crippen LogP) is 2.04. The van der Waals surface area contributed by atoms with Crippen LogP contribution in [0.4, 0.5) is 0 Å². The standard InChI is InChI=1S/C13H18ClNO4S/c1-3-7-15-13(16)6-8-20(17,18)10-4-5-12(19-2)11(14)9-10/h4-5,9H,3,6-8H2,1-2H3,(H,15,16). The van der Waals surface area contributed by atoms with Gasteiger partial charge in [-0.3, -0.25) is 4.79 Å². The first-order valence-electron chi connectivity index (χ1n) is 6.23. The van der Waals surface area contributed by atoms with E-state index < -0.39 is 9.84 Å². The van der Waals surface area contributed by atoms with Crippen LogP contribution in [-0.4, -0.2) is 33.7 Å². The Kier molecular flexibility index (Phi) is 6.29. The lowest BCUT2D eigenvalue weighted by atomic mass is 10.3. The van der Waals surface area contributed by atoms with Crippen LogP contribution in [0.2, 0.25) is 5.02 Å². The molecule has 0 fully saturated rings. The van der Waals surface area contributed by atoms with Gasteiger partial charge in [-0.05, 0) is 24.6 Å². The molecule has 20 heavy (non-hydrogen) atoms. The third-order valence-corrected chi connectivity index (χ3v) is 4.66. The third kappa shape index (κ3) is 4.68. The number of benzene rings is 1. The number of methoxy groups -OCH3 is 1. The fourth-order valence-corrected chi connectivity index (χ4v) is 3.12. The molecule has 1 rings (SSSR count). The minimum absolute atomic E-state index is 0.0635. The minimum Gasteiger partial charge on any atom is -0.495 e. The Morgan fingerprint density at radius 1 is 1.40 bits per heavy atom. The zero-order chi connectivity index (χ0) is 15.2. The van der Waals surface area contributed by atoms with E-state index in [0.29, 0.717) is 12.3 Å². The summed E-state index contributed by atoms with van der Waals surface area (Å²) < 4.78 is 29.1. The van der Waals surface area contributed by atoms with Crippen LogP contribution in [0.3, 0.4) is 0 Å². The Morgan fingerprint density at radius 3 is 2.65 bits per heavy atom. The first-order chi connectivity index (χ1) is 9.40. The maximum atomic E-state index is 12.1. The number of carbonyl (C=O) groups excluding carboxylic acids is 1. The highest BCUT2D eigenvalue weighted by Gasteiger charge is 2.17. The first-order valence-corrected chi connectivity index (χ1v) is 8.26. The number of amides is 1. The first kappa shape index (κ1) is 16.8. The van der Waals surface area contributed by atoms with Crippen LogP contribution < -0.4 is 10.1 Å². The van der Waals surface area contributed by atoms with Crippen molar-refractivity contribution < 1.29 is 17.9 Å². The van der Waals surface area contributed by atoms with Crippen LogP contribution in [0.25, 0.3) is 0 Å². The molecule has 0 spiro atoms. The molecule has 1 amide bonds. The number of halogens is 1. The molecule has 1 aromatic rings. The number of ether oxygens (including phenoxy) is 1. The van der Waals surface area contributed by atoms with Gasteiger partial charge in [0.1, 0.15) is 5.75 Å². The van der Waals surface area contributed by atoms with Gasteiger partial charge in [0.2, 0.25) is 5.91 Å². The van der Waals surface area contributed by atoms with E-state index in [4.69, 9.17) is 16.3 Å². The minimum atomic E-state index is -3.53. The summed E-state index contributed by atoms with van der Waals surface area (Å²) in [4.78, 5) is 11.5. The summed E-state index contributed by atoms with van der Waals surface area (Å²) in [7, 11) is -2.08. The lowest BCUT2D eigenvalue weighted by Gasteiger charge is -2.08. The monoisotopic (exact) mass is 319 g/mol. The van der Waals surface area contributed by atoms with E-state index in [1.165, 1.54) is 25.3 Å². The van der Waals surface area contributed by atoms with Crippen LogP contribution in [0.15, 0.2) is 23.1 Å². The van der Waals surface area contributed by atoms with Crippen LogP contribution in [0.1, 0.15) is 19.8 Å². The van der Waals surface area contributed by atoms with Crippen molar-refractivity contribution in [3.8, 4) is 5.75 Å². The number of carbonyl (C=O) groups is 1. The van der Waals surface area contributed by atoms with Crippen molar-refractivity contribution in [3.63, 3.8) is 0 Å².